The van der Waals surface area contributed by atoms with Gasteiger partial charge in [-0.15, -0.1) is 0 Å². The molecule has 0 spiro atoms. The second-order valence-electron chi connectivity index (χ2n) is 6.02. The minimum Gasteiger partial charge on any atom is -0.478 e. The Morgan fingerprint density at radius 1 is 1.25 bits per heavy atom. The van der Waals surface area contributed by atoms with Gasteiger partial charge in [0.2, 0.25) is 5.60 Å². The van der Waals surface area contributed by atoms with E-state index in [9.17, 15) is 14.7 Å². The van der Waals surface area contributed by atoms with E-state index in [4.69, 9.17) is 9.15 Å². The van der Waals surface area contributed by atoms with Crippen LogP contribution in [-0.2, 0) is 4.79 Å². The second kappa shape index (κ2) is 6.39. The van der Waals surface area contributed by atoms with Gasteiger partial charge in [-0.1, -0.05) is 12.1 Å². The first-order valence-corrected chi connectivity index (χ1v) is 7.81. The van der Waals surface area contributed by atoms with E-state index < -0.39 is 11.6 Å². The number of rotatable bonds is 4. The van der Waals surface area contributed by atoms with Crippen LogP contribution in [0.25, 0.3) is 0 Å². The van der Waals surface area contributed by atoms with Crippen LogP contribution in [0.5, 0.6) is 5.75 Å². The lowest BCUT2D eigenvalue weighted by Gasteiger charge is -2.38. The van der Waals surface area contributed by atoms with Crippen molar-refractivity contribution in [3.63, 3.8) is 0 Å². The number of amides is 1. The highest BCUT2D eigenvalue weighted by molar-refractivity contribution is 5.94. The Bertz CT molecular complexity index is 730. The summed E-state index contributed by atoms with van der Waals surface area (Å²) in [5.41, 5.74) is 0.166. The van der Waals surface area contributed by atoms with E-state index in [0.29, 0.717) is 24.4 Å². The van der Waals surface area contributed by atoms with Crippen molar-refractivity contribution in [1.82, 2.24) is 4.90 Å². The molecule has 126 valence electrons. The lowest BCUT2D eigenvalue weighted by molar-refractivity contribution is -0.159. The molecule has 1 saturated heterocycles. The zero-order valence-corrected chi connectivity index (χ0v) is 13.4. The standard InChI is InChI=1S/C18H19NO5/c1-13-3-2-4-15(11-13)24-18(17(21)22)6-8-19(9-7-18)16(20)14-5-10-23-12-14/h2-5,10-12H,6-9H2,1H3,(H,21,22). The number of piperidine rings is 1. The van der Waals surface area contributed by atoms with E-state index in [2.05, 4.69) is 0 Å². The number of hydrogen-bond acceptors (Lipinski definition) is 4. The number of carboxylic acids is 1. The normalized spacial score (nSPS) is 16.6. The first-order valence-electron chi connectivity index (χ1n) is 7.81. The fraction of sp³-hybridized carbons (Fsp3) is 0.333. The van der Waals surface area contributed by atoms with Crippen LogP contribution in [0.3, 0.4) is 0 Å². The summed E-state index contributed by atoms with van der Waals surface area (Å²) in [4.78, 5) is 25.8. The molecule has 2 heterocycles. The summed E-state index contributed by atoms with van der Waals surface area (Å²) in [6.45, 7) is 2.57. The molecule has 24 heavy (non-hydrogen) atoms. The number of ether oxygens (including phenoxy) is 1. The molecule has 1 N–H and O–H groups in total. The Labute approximate surface area is 139 Å². The summed E-state index contributed by atoms with van der Waals surface area (Å²) in [7, 11) is 0. The molecular formula is C18H19NO5. The Balaban J connectivity index is 1.72. The van der Waals surface area contributed by atoms with Crippen molar-refractivity contribution in [1.29, 1.82) is 0 Å². The summed E-state index contributed by atoms with van der Waals surface area (Å²) < 4.78 is 10.8. The minimum atomic E-state index is -1.30. The van der Waals surface area contributed by atoms with Crippen LogP contribution in [0.2, 0.25) is 0 Å². The molecule has 1 aromatic carbocycles. The third-order valence-corrected chi connectivity index (χ3v) is 4.32. The predicted octanol–water partition coefficient (Wildman–Crippen LogP) is 2.73. The van der Waals surface area contributed by atoms with Crippen molar-refractivity contribution in [2.75, 3.05) is 13.1 Å². The quantitative estimate of drug-likeness (QED) is 0.933. The molecule has 6 heteroatoms. The van der Waals surface area contributed by atoms with Crippen LogP contribution in [0, 0.1) is 6.92 Å². The van der Waals surface area contributed by atoms with Gasteiger partial charge in [-0.25, -0.2) is 4.79 Å². The molecule has 0 unspecified atom stereocenters. The smallest absolute Gasteiger partial charge is 0.348 e. The summed E-state index contributed by atoms with van der Waals surface area (Å²) >= 11 is 0. The van der Waals surface area contributed by atoms with Crippen molar-refractivity contribution in [3.05, 3.63) is 54.0 Å². The molecule has 1 aliphatic rings. The first kappa shape index (κ1) is 16.1. The maximum Gasteiger partial charge on any atom is 0.348 e. The fourth-order valence-corrected chi connectivity index (χ4v) is 2.90. The van der Waals surface area contributed by atoms with E-state index in [-0.39, 0.29) is 18.7 Å². The van der Waals surface area contributed by atoms with E-state index >= 15 is 0 Å². The summed E-state index contributed by atoms with van der Waals surface area (Å²) in [6, 6.07) is 8.92. The number of carbonyl (C=O) groups excluding carboxylic acids is 1. The molecule has 0 atom stereocenters. The van der Waals surface area contributed by atoms with Crippen LogP contribution in [0.4, 0.5) is 0 Å². The molecule has 1 aliphatic heterocycles. The van der Waals surface area contributed by atoms with Crippen molar-refractivity contribution in [2.24, 2.45) is 0 Å². The highest BCUT2D eigenvalue weighted by atomic mass is 16.5. The van der Waals surface area contributed by atoms with Gasteiger partial charge in [-0.3, -0.25) is 4.79 Å². The lowest BCUT2D eigenvalue weighted by Crippen LogP contribution is -2.54. The largest absolute Gasteiger partial charge is 0.478 e. The Morgan fingerprint density at radius 2 is 2.00 bits per heavy atom. The number of furan rings is 1. The van der Waals surface area contributed by atoms with Gasteiger partial charge in [-0.2, -0.15) is 0 Å². The highest BCUT2D eigenvalue weighted by Gasteiger charge is 2.45. The zero-order chi connectivity index (χ0) is 17.2. The molecule has 1 amide bonds. The Kier molecular flexibility index (Phi) is 4.29. The molecule has 1 fully saturated rings. The Morgan fingerprint density at radius 3 is 2.58 bits per heavy atom. The van der Waals surface area contributed by atoms with E-state index in [0.717, 1.165) is 5.56 Å². The van der Waals surface area contributed by atoms with Gasteiger partial charge in [0, 0.05) is 25.9 Å². The summed E-state index contributed by atoms with van der Waals surface area (Å²) in [5, 5.41) is 9.68. The van der Waals surface area contributed by atoms with Crippen LogP contribution in [0.15, 0.2) is 47.3 Å². The number of aliphatic carboxylic acids is 1. The monoisotopic (exact) mass is 329 g/mol. The maximum absolute atomic E-state index is 12.3. The van der Waals surface area contributed by atoms with Crippen molar-refractivity contribution < 1.29 is 23.8 Å². The number of hydrogen-bond donors (Lipinski definition) is 1. The highest BCUT2D eigenvalue weighted by Crippen LogP contribution is 2.30. The second-order valence-corrected chi connectivity index (χ2v) is 6.02. The molecule has 3 rings (SSSR count). The molecule has 2 aromatic rings. The van der Waals surface area contributed by atoms with Crippen LogP contribution < -0.4 is 4.74 Å². The minimum absolute atomic E-state index is 0.154. The molecule has 1 aromatic heterocycles. The summed E-state index contributed by atoms with van der Waals surface area (Å²) in [6.07, 6.45) is 3.31. The number of nitrogens with zero attached hydrogens (tertiary/aromatic N) is 1. The average Bonchev–Trinajstić information content (AvgIpc) is 3.09. The number of aryl methyl sites for hydroxylation is 1. The SMILES string of the molecule is Cc1cccc(OC2(C(=O)O)CCN(C(=O)c3ccoc3)CC2)c1. The van der Waals surface area contributed by atoms with Crippen LogP contribution in [-0.4, -0.2) is 40.6 Å². The average molecular weight is 329 g/mol. The van der Waals surface area contributed by atoms with E-state index in [1.54, 1.807) is 17.0 Å². The molecular weight excluding hydrogens is 310 g/mol. The molecule has 0 bridgehead atoms. The number of carbonyl (C=O) groups is 2. The number of likely N-dealkylation sites (tertiary alicyclic amines) is 1. The topological polar surface area (TPSA) is 80.0 Å². The van der Waals surface area contributed by atoms with Gasteiger partial charge in [0.05, 0.1) is 11.8 Å². The lowest BCUT2D eigenvalue weighted by atomic mass is 9.90. The van der Waals surface area contributed by atoms with Gasteiger partial charge in [0.25, 0.3) is 5.91 Å². The van der Waals surface area contributed by atoms with Gasteiger partial charge in [0.15, 0.2) is 0 Å². The third-order valence-electron chi connectivity index (χ3n) is 4.32. The zero-order valence-electron chi connectivity index (χ0n) is 13.4. The van der Waals surface area contributed by atoms with Gasteiger partial charge in [-0.05, 0) is 30.7 Å². The maximum atomic E-state index is 12.3. The molecule has 0 aliphatic carbocycles. The van der Waals surface area contributed by atoms with Crippen LogP contribution >= 0.6 is 0 Å². The van der Waals surface area contributed by atoms with Gasteiger partial charge in [0.1, 0.15) is 12.0 Å². The Hall–Kier alpha value is -2.76. The predicted molar refractivity (Wildman–Crippen MR) is 86.0 cm³/mol. The first-order chi connectivity index (χ1) is 11.5. The number of carboxylic acid groups (broad SMARTS) is 1. The van der Waals surface area contributed by atoms with E-state index in [1.807, 2.05) is 25.1 Å². The van der Waals surface area contributed by atoms with Gasteiger partial charge >= 0.3 is 5.97 Å². The number of benzene rings is 1. The molecule has 0 saturated carbocycles. The molecule has 0 radical (unpaired) electrons. The fourth-order valence-electron chi connectivity index (χ4n) is 2.90. The summed E-state index contributed by atoms with van der Waals surface area (Å²) in [5.74, 6) is -0.621. The van der Waals surface area contributed by atoms with Gasteiger partial charge < -0.3 is 19.2 Å². The van der Waals surface area contributed by atoms with Crippen molar-refractivity contribution in [2.45, 2.75) is 25.4 Å². The van der Waals surface area contributed by atoms with Crippen molar-refractivity contribution >= 4 is 11.9 Å². The van der Waals surface area contributed by atoms with Crippen molar-refractivity contribution in [3.8, 4) is 5.75 Å². The van der Waals surface area contributed by atoms with E-state index in [1.165, 1.54) is 12.5 Å². The third kappa shape index (κ3) is 3.13. The molecule has 6 nitrogen and oxygen atoms in total. The van der Waals surface area contributed by atoms with Crippen LogP contribution in [0.1, 0.15) is 28.8 Å².